The molecular formula is C10H12N4O5. The highest BCUT2D eigenvalue weighted by atomic mass is 16.6. The average molecular weight is 268 g/mol. The van der Waals surface area contributed by atoms with Crippen molar-refractivity contribution in [2.24, 2.45) is 0 Å². The van der Waals surface area contributed by atoms with Crippen LogP contribution in [0.4, 0.5) is 11.5 Å². The molecule has 1 aromatic rings. The smallest absolute Gasteiger partial charge is 0.372 e. The number of anilines is 1. The number of rotatable bonds is 7. The highest BCUT2D eigenvalue weighted by Gasteiger charge is 2.28. The molecule has 9 heteroatoms. The number of hydrogen-bond acceptors (Lipinski definition) is 7. The van der Waals surface area contributed by atoms with Gasteiger partial charge in [0, 0.05) is 6.54 Å². The maximum absolute atomic E-state index is 11.0. The molecular weight excluding hydrogens is 256 g/mol. The van der Waals surface area contributed by atoms with Crippen LogP contribution < -0.4 is 9.64 Å². The first-order valence-corrected chi connectivity index (χ1v) is 5.12. The van der Waals surface area contributed by atoms with Crippen LogP contribution >= 0.6 is 0 Å². The van der Waals surface area contributed by atoms with Crippen LogP contribution in [0.1, 0.15) is 0 Å². The summed E-state index contributed by atoms with van der Waals surface area (Å²) < 4.78 is 4.79. The van der Waals surface area contributed by atoms with Crippen molar-refractivity contribution in [2.45, 2.75) is 0 Å². The molecule has 0 radical (unpaired) electrons. The Hall–Kier alpha value is -2.71. The first-order chi connectivity index (χ1) is 9.01. The van der Waals surface area contributed by atoms with Crippen molar-refractivity contribution in [1.29, 1.82) is 0 Å². The third-order valence-corrected chi connectivity index (χ3v) is 2.12. The standard InChI is InChI=1S/C10H12N4O5/c1-3-4-13(5-7(15)16)9-8(14(17)18)10(19-2)12-6-11-9/h3,6H,1,4-5H2,2H3,(H,15,16). The predicted octanol–water partition coefficient (Wildman–Crippen LogP) is 0.470. The summed E-state index contributed by atoms with van der Waals surface area (Å²) in [6, 6.07) is 0. The van der Waals surface area contributed by atoms with Gasteiger partial charge in [-0.15, -0.1) is 6.58 Å². The lowest BCUT2D eigenvalue weighted by molar-refractivity contribution is -0.385. The number of methoxy groups -OCH3 is 1. The number of aromatic nitrogens is 2. The second kappa shape index (κ2) is 6.28. The monoisotopic (exact) mass is 268 g/mol. The van der Waals surface area contributed by atoms with E-state index in [0.717, 1.165) is 6.33 Å². The van der Waals surface area contributed by atoms with Gasteiger partial charge >= 0.3 is 11.7 Å². The Balaban J connectivity index is 3.32. The summed E-state index contributed by atoms with van der Waals surface area (Å²) in [7, 11) is 1.23. The van der Waals surface area contributed by atoms with Gasteiger partial charge < -0.3 is 14.7 Å². The molecule has 19 heavy (non-hydrogen) atoms. The molecule has 0 aliphatic carbocycles. The van der Waals surface area contributed by atoms with E-state index in [4.69, 9.17) is 9.84 Å². The van der Waals surface area contributed by atoms with Gasteiger partial charge in [0.25, 0.3) is 5.88 Å². The maximum atomic E-state index is 11.0. The molecule has 0 aliphatic rings. The van der Waals surface area contributed by atoms with Gasteiger partial charge in [0.1, 0.15) is 12.9 Å². The van der Waals surface area contributed by atoms with E-state index in [1.807, 2.05) is 0 Å². The molecule has 0 aromatic carbocycles. The number of hydrogen-bond donors (Lipinski definition) is 1. The highest BCUT2D eigenvalue weighted by Crippen LogP contribution is 2.32. The summed E-state index contributed by atoms with van der Waals surface area (Å²) in [4.78, 5) is 29.7. The maximum Gasteiger partial charge on any atom is 0.372 e. The summed E-state index contributed by atoms with van der Waals surface area (Å²) in [5.41, 5.74) is -0.479. The molecule has 1 N–H and O–H groups in total. The van der Waals surface area contributed by atoms with Crippen LogP contribution in [0.25, 0.3) is 0 Å². The first kappa shape index (κ1) is 14.4. The summed E-state index contributed by atoms with van der Waals surface area (Å²) in [5, 5.41) is 19.8. The zero-order valence-electron chi connectivity index (χ0n) is 10.1. The Morgan fingerprint density at radius 3 is 2.84 bits per heavy atom. The Labute approximate surface area is 108 Å². The van der Waals surface area contributed by atoms with Crippen LogP contribution in [0.2, 0.25) is 0 Å². The first-order valence-electron chi connectivity index (χ1n) is 5.12. The molecule has 0 unspecified atom stereocenters. The number of carboxylic acid groups (broad SMARTS) is 1. The third-order valence-electron chi connectivity index (χ3n) is 2.12. The largest absolute Gasteiger partial charge is 0.480 e. The molecule has 1 rings (SSSR count). The van der Waals surface area contributed by atoms with Crippen molar-refractivity contribution in [3.05, 3.63) is 29.1 Å². The van der Waals surface area contributed by atoms with Gasteiger partial charge in [-0.2, -0.15) is 4.98 Å². The number of carboxylic acids is 1. The topological polar surface area (TPSA) is 119 Å². The molecule has 0 bridgehead atoms. The van der Waals surface area contributed by atoms with Gasteiger partial charge in [-0.05, 0) is 0 Å². The van der Waals surface area contributed by atoms with E-state index >= 15 is 0 Å². The fraction of sp³-hybridized carbons (Fsp3) is 0.300. The van der Waals surface area contributed by atoms with E-state index in [0.29, 0.717) is 0 Å². The van der Waals surface area contributed by atoms with E-state index in [1.165, 1.54) is 18.1 Å². The summed E-state index contributed by atoms with van der Waals surface area (Å²) in [6.45, 7) is 3.11. The van der Waals surface area contributed by atoms with Crippen molar-refractivity contribution >= 4 is 17.5 Å². The van der Waals surface area contributed by atoms with Gasteiger partial charge in [-0.1, -0.05) is 6.08 Å². The molecule has 0 saturated heterocycles. The molecule has 0 aliphatic heterocycles. The number of aliphatic carboxylic acids is 1. The highest BCUT2D eigenvalue weighted by molar-refractivity contribution is 5.75. The zero-order chi connectivity index (χ0) is 14.4. The minimum atomic E-state index is -1.14. The second-order valence-electron chi connectivity index (χ2n) is 3.38. The molecule has 9 nitrogen and oxygen atoms in total. The summed E-state index contributed by atoms with van der Waals surface area (Å²) in [5.74, 6) is -1.50. The van der Waals surface area contributed by atoms with Crippen LogP contribution in [-0.2, 0) is 4.79 Å². The van der Waals surface area contributed by atoms with Crippen LogP contribution in [0, 0.1) is 10.1 Å². The van der Waals surface area contributed by atoms with Crippen molar-refractivity contribution < 1.29 is 19.6 Å². The average Bonchev–Trinajstić information content (AvgIpc) is 2.36. The molecule has 0 fully saturated rings. The fourth-order valence-corrected chi connectivity index (χ4v) is 1.44. The Kier molecular flexibility index (Phi) is 4.75. The lowest BCUT2D eigenvalue weighted by Crippen LogP contribution is -2.31. The minimum absolute atomic E-state index is 0.0906. The van der Waals surface area contributed by atoms with Gasteiger partial charge in [0.15, 0.2) is 0 Å². The van der Waals surface area contributed by atoms with E-state index in [2.05, 4.69) is 16.5 Å². The van der Waals surface area contributed by atoms with E-state index in [9.17, 15) is 14.9 Å². The molecule has 0 atom stereocenters. The van der Waals surface area contributed by atoms with Crippen LogP contribution in [0.5, 0.6) is 5.88 Å². The molecule has 1 heterocycles. The molecule has 0 saturated carbocycles. The lowest BCUT2D eigenvalue weighted by Gasteiger charge is -2.19. The minimum Gasteiger partial charge on any atom is -0.480 e. The van der Waals surface area contributed by atoms with Crippen molar-refractivity contribution in [1.82, 2.24) is 9.97 Å². The number of carbonyl (C=O) groups is 1. The predicted molar refractivity (Wildman–Crippen MR) is 65.3 cm³/mol. The SMILES string of the molecule is C=CCN(CC(=O)O)c1ncnc(OC)c1[N+](=O)[O-]. The van der Waals surface area contributed by atoms with Crippen LogP contribution in [0.15, 0.2) is 19.0 Å². The number of ether oxygens (including phenoxy) is 1. The third kappa shape index (κ3) is 3.37. The number of nitro groups is 1. The molecule has 1 aromatic heterocycles. The lowest BCUT2D eigenvalue weighted by atomic mass is 10.3. The van der Waals surface area contributed by atoms with Crippen molar-refractivity contribution in [3.63, 3.8) is 0 Å². The summed E-state index contributed by atoms with van der Waals surface area (Å²) in [6.07, 6.45) is 2.49. The Morgan fingerprint density at radius 2 is 2.37 bits per heavy atom. The van der Waals surface area contributed by atoms with Gasteiger partial charge in [0.2, 0.25) is 5.82 Å². The Morgan fingerprint density at radius 1 is 1.68 bits per heavy atom. The van der Waals surface area contributed by atoms with E-state index in [1.54, 1.807) is 0 Å². The number of nitrogens with zero attached hydrogens (tertiary/aromatic N) is 4. The molecule has 102 valence electrons. The molecule has 0 amide bonds. The molecule has 0 spiro atoms. The normalized spacial score (nSPS) is 9.74. The quantitative estimate of drug-likeness (QED) is 0.430. The van der Waals surface area contributed by atoms with E-state index in [-0.39, 0.29) is 18.2 Å². The van der Waals surface area contributed by atoms with Gasteiger partial charge in [-0.3, -0.25) is 14.9 Å². The van der Waals surface area contributed by atoms with Crippen molar-refractivity contribution in [2.75, 3.05) is 25.1 Å². The zero-order valence-corrected chi connectivity index (χ0v) is 10.1. The van der Waals surface area contributed by atoms with Crippen molar-refractivity contribution in [3.8, 4) is 5.88 Å². The van der Waals surface area contributed by atoms with Gasteiger partial charge in [0.05, 0.1) is 12.0 Å². The second-order valence-corrected chi connectivity index (χ2v) is 3.38. The fourth-order valence-electron chi connectivity index (χ4n) is 1.44. The van der Waals surface area contributed by atoms with E-state index < -0.39 is 23.1 Å². The summed E-state index contributed by atoms with van der Waals surface area (Å²) >= 11 is 0. The van der Waals surface area contributed by atoms with Crippen LogP contribution in [0.3, 0.4) is 0 Å². The Bertz CT molecular complexity index is 505. The van der Waals surface area contributed by atoms with Gasteiger partial charge in [-0.25, -0.2) is 4.98 Å². The van der Waals surface area contributed by atoms with Crippen LogP contribution in [-0.4, -0.2) is 46.2 Å².